The van der Waals surface area contributed by atoms with Crippen LogP contribution in [-0.4, -0.2) is 29.5 Å². The van der Waals surface area contributed by atoms with Crippen molar-refractivity contribution in [2.24, 2.45) is 0 Å². The summed E-state index contributed by atoms with van der Waals surface area (Å²) in [5.74, 6) is -0.873. The minimum Gasteiger partial charge on any atom is -0.353 e. The standard InChI is InChI=1S/C19H20ClN3O3S/c1-12(2)21-17(24)11-27-16-9-4-3-8-15(16)19(26)23-22-18(25)13-6-5-7-14(20)10-13/h3-10,12H,11H2,1-2H3,(H,21,24)(H,22,25)(H,23,26). The van der Waals surface area contributed by atoms with Crippen LogP contribution >= 0.6 is 23.4 Å². The predicted octanol–water partition coefficient (Wildman–Crippen LogP) is 3.03. The van der Waals surface area contributed by atoms with Crippen LogP contribution in [0.3, 0.4) is 0 Å². The molecule has 6 nitrogen and oxygen atoms in total. The van der Waals surface area contributed by atoms with E-state index in [2.05, 4.69) is 16.2 Å². The number of thioether (sulfide) groups is 1. The summed E-state index contributed by atoms with van der Waals surface area (Å²) in [6, 6.07) is 13.3. The maximum Gasteiger partial charge on any atom is 0.270 e. The SMILES string of the molecule is CC(C)NC(=O)CSc1ccccc1C(=O)NNC(=O)c1cccc(Cl)c1. The summed E-state index contributed by atoms with van der Waals surface area (Å²) in [6.07, 6.45) is 0. The lowest BCUT2D eigenvalue weighted by molar-refractivity contribution is -0.119. The first-order valence-electron chi connectivity index (χ1n) is 8.24. The normalized spacial score (nSPS) is 10.4. The molecule has 0 aliphatic heterocycles. The number of hydrogen-bond donors (Lipinski definition) is 3. The van der Waals surface area contributed by atoms with E-state index in [0.29, 0.717) is 21.0 Å². The minimum atomic E-state index is -0.479. The highest BCUT2D eigenvalue weighted by Gasteiger charge is 2.14. The van der Waals surface area contributed by atoms with Crippen molar-refractivity contribution in [1.82, 2.24) is 16.2 Å². The van der Waals surface area contributed by atoms with Crippen molar-refractivity contribution in [1.29, 1.82) is 0 Å². The van der Waals surface area contributed by atoms with Gasteiger partial charge in [-0.15, -0.1) is 11.8 Å². The van der Waals surface area contributed by atoms with Crippen LogP contribution < -0.4 is 16.2 Å². The lowest BCUT2D eigenvalue weighted by Gasteiger charge is -2.12. The van der Waals surface area contributed by atoms with E-state index in [9.17, 15) is 14.4 Å². The Bertz CT molecular complexity index is 842. The van der Waals surface area contributed by atoms with E-state index in [1.54, 1.807) is 42.5 Å². The number of hydrogen-bond acceptors (Lipinski definition) is 4. The zero-order valence-electron chi connectivity index (χ0n) is 14.9. The summed E-state index contributed by atoms with van der Waals surface area (Å²) < 4.78 is 0. The predicted molar refractivity (Wildman–Crippen MR) is 107 cm³/mol. The molecule has 3 N–H and O–H groups in total. The number of benzene rings is 2. The molecule has 0 bridgehead atoms. The van der Waals surface area contributed by atoms with Crippen LogP contribution in [0.1, 0.15) is 34.6 Å². The third-order valence-corrected chi connectivity index (χ3v) is 4.63. The zero-order chi connectivity index (χ0) is 19.8. The Balaban J connectivity index is 1.98. The molecule has 0 saturated heterocycles. The lowest BCUT2D eigenvalue weighted by Crippen LogP contribution is -2.41. The van der Waals surface area contributed by atoms with Gasteiger partial charge in [0.15, 0.2) is 0 Å². The summed E-state index contributed by atoms with van der Waals surface area (Å²) in [6.45, 7) is 3.76. The van der Waals surface area contributed by atoms with Crippen LogP contribution in [0.2, 0.25) is 5.02 Å². The highest BCUT2D eigenvalue weighted by molar-refractivity contribution is 8.00. The van der Waals surface area contributed by atoms with Crippen molar-refractivity contribution in [2.75, 3.05) is 5.75 Å². The molecule has 142 valence electrons. The Morgan fingerprint density at radius 1 is 1.00 bits per heavy atom. The number of nitrogens with one attached hydrogen (secondary N) is 3. The third kappa shape index (κ3) is 6.62. The summed E-state index contributed by atoms with van der Waals surface area (Å²) in [5, 5.41) is 3.22. The topological polar surface area (TPSA) is 87.3 Å². The van der Waals surface area contributed by atoms with Gasteiger partial charge >= 0.3 is 0 Å². The first-order chi connectivity index (χ1) is 12.9. The van der Waals surface area contributed by atoms with E-state index in [1.807, 2.05) is 13.8 Å². The van der Waals surface area contributed by atoms with Gasteiger partial charge in [0.25, 0.3) is 11.8 Å². The van der Waals surface area contributed by atoms with Gasteiger partial charge in [0.2, 0.25) is 5.91 Å². The van der Waals surface area contributed by atoms with Gasteiger partial charge in [-0.05, 0) is 44.2 Å². The Morgan fingerprint density at radius 2 is 1.70 bits per heavy atom. The molecule has 0 spiro atoms. The molecule has 0 saturated carbocycles. The second kappa shape index (κ2) is 9.99. The average Bonchev–Trinajstić information content (AvgIpc) is 2.64. The van der Waals surface area contributed by atoms with Gasteiger partial charge in [-0.1, -0.05) is 29.8 Å². The molecule has 0 radical (unpaired) electrons. The second-order valence-electron chi connectivity index (χ2n) is 5.93. The highest BCUT2D eigenvalue weighted by Crippen LogP contribution is 2.22. The molecule has 27 heavy (non-hydrogen) atoms. The molecule has 3 amide bonds. The van der Waals surface area contributed by atoms with E-state index in [0.717, 1.165) is 0 Å². The van der Waals surface area contributed by atoms with Gasteiger partial charge in [-0.3, -0.25) is 25.2 Å². The molecule has 8 heteroatoms. The van der Waals surface area contributed by atoms with Gasteiger partial charge in [0.1, 0.15) is 0 Å². The summed E-state index contributed by atoms with van der Waals surface area (Å²) in [7, 11) is 0. The van der Waals surface area contributed by atoms with Crippen LogP contribution in [0.25, 0.3) is 0 Å². The van der Waals surface area contributed by atoms with Crippen molar-refractivity contribution in [2.45, 2.75) is 24.8 Å². The fraction of sp³-hybridized carbons (Fsp3) is 0.211. The molecule has 0 fully saturated rings. The van der Waals surface area contributed by atoms with Crippen LogP contribution in [0.4, 0.5) is 0 Å². The number of carbonyl (C=O) groups is 3. The van der Waals surface area contributed by atoms with Gasteiger partial charge in [0, 0.05) is 21.5 Å². The number of amides is 3. The summed E-state index contributed by atoms with van der Waals surface area (Å²) >= 11 is 7.11. The van der Waals surface area contributed by atoms with E-state index in [-0.39, 0.29) is 17.7 Å². The minimum absolute atomic E-state index is 0.0540. The fourth-order valence-electron chi connectivity index (χ4n) is 2.17. The molecule has 2 aromatic carbocycles. The number of halogens is 1. The molecule has 0 unspecified atom stereocenters. The van der Waals surface area contributed by atoms with Gasteiger partial charge < -0.3 is 5.32 Å². The zero-order valence-corrected chi connectivity index (χ0v) is 16.5. The fourth-order valence-corrected chi connectivity index (χ4v) is 3.22. The van der Waals surface area contributed by atoms with Gasteiger partial charge in [0.05, 0.1) is 11.3 Å². The Hall–Kier alpha value is -2.51. The van der Waals surface area contributed by atoms with Crippen molar-refractivity contribution in [3.63, 3.8) is 0 Å². The maximum absolute atomic E-state index is 12.4. The highest BCUT2D eigenvalue weighted by atomic mass is 35.5. The number of rotatable bonds is 6. The second-order valence-corrected chi connectivity index (χ2v) is 7.38. The van der Waals surface area contributed by atoms with Gasteiger partial charge in [-0.25, -0.2) is 0 Å². The van der Waals surface area contributed by atoms with E-state index < -0.39 is 11.8 Å². The van der Waals surface area contributed by atoms with Crippen molar-refractivity contribution >= 4 is 41.1 Å². The molecule has 0 atom stereocenters. The first-order valence-corrected chi connectivity index (χ1v) is 9.60. The molecular formula is C19H20ClN3O3S. The lowest BCUT2D eigenvalue weighted by atomic mass is 10.2. The van der Waals surface area contributed by atoms with Crippen LogP contribution in [-0.2, 0) is 4.79 Å². The summed E-state index contributed by atoms with van der Waals surface area (Å²) in [4.78, 5) is 37.0. The van der Waals surface area contributed by atoms with Crippen LogP contribution in [0, 0.1) is 0 Å². The van der Waals surface area contributed by atoms with Gasteiger partial charge in [-0.2, -0.15) is 0 Å². The molecule has 0 aliphatic rings. The number of hydrazine groups is 1. The van der Waals surface area contributed by atoms with Crippen LogP contribution in [0.15, 0.2) is 53.4 Å². The third-order valence-electron chi connectivity index (χ3n) is 3.32. The Labute approximate surface area is 167 Å². The van der Waals surface area contributed by atoms with Crippen molar-refractivity contribution in [3.05, 3.63) is 64.7 Å². The van der Waals surface area contributed by atoms with Crippen molar-refractivity contribution < 1.29 is 14.4 Å². The molecule has 0 aromatic heterocycles. The Kier molecular flexibility index (Phi) is 7.69. The monoisotopic (exact) mass is 405 g/mol. The maximum atomic E-state index is 12.4. The van der Waals surface area contributed by atoms with Crippen LogP contribution in [0.5, 0.6) is 0 Å². The Morgan fingerprint density at radius 3 is 2.41 bits per heavy atom. The van der Waals surface area contributed by atoms with Crippen molar-refractivity contribution in [3.8, 4) is 0 Å². The van der Waals surface area contributed by atoms with E-state index in [1.165, 1.54) is 17.8 Å². The smallest absolute Gasteiger partial charge is 0.270 e. The first kappa shape index (κ1) is 20.8. The van der Waals surface area contributed by atoms with E-state index in [4.69, 9.17) is 11.6 Å². The molecule has 0 heterocycles. The quantitative estimate of drug-likeness (QED) is 0.509. The molecule has 2 rings (SSSR count). The molecular weight excluding hydrogens is 386 g/mol. The largest absolute Gasteiger partial charge is 0.353 e. The summed E-state index contributed by atoms with van der Waals surface area (Å²) in [5.41, 5.74) is 5.43. The molecule has 2 aromatic rings. The number of carbonyl (C=O) groups excluding carboxylic acids is 3. The molecule has 0 aliphatic carbocycles. The average molecular weight is 406 g/mol. The van der Waals surface area contributed by atoms with E-state index >= 15 is 0 Å².